The summed E-state index contributed by atoms with van der Waals surface area (Å²) in [6.45, 7) is 2.41. The van der Waals surface area contributed by atoms with Gasteiger partial charge in [-0.3, -0.25) is 0 Å². The van der Waals surface area contributed by atoms with Crippen molar-refractivity contribution in [2.75, 3.05) is 17.2 Å². The van der Waals surface area contributed by atoms with E-state index in [2.05, 4.69) is 31.7 Å². The van der Waals surface area contributed by atoms with E-state index in [1.807, 2.05) is 31.3 Å². The fourth-order valence-corrected chi connectivity index (χ4v) is 1.51. The van der Waals surface area contributed by atoms with Crippen molar-refractivity contribution in [3.8, 4) is 6.07 Å². The van der Waals surface area contributed by atoms with E-state index in [9.17, 15) is 0 Å². The molecule has 2 rings (SSSR count). The van der Waals surface area contributed by atoms with Crippen LogP contribution in [0.4, 0.5) is 17.5 Å². The second-order valence-corrected chi connectivity index (χ2v) is 3.73. The maximum Gasteiger partial charge on any atom is 0.137 e. The van der Waals surface area contributed by atoms with Crippen LogP contribution in [0.5, 0.6) is 0 Å². The zero-order chi connectivity index (χ0) is 12.8. The average Bonchev–Trinajstić information content (AvgIpc) is 2.81. The highest BCUT2D eigenvalue weighted by Crippen LogP contribution is 2.15. The molecule has 0 aliphatic heterocycles. The predicted molar refractivity (Wildman–Crippen MR) is 69.6 cm³/mol. The molecule has 3 N–H and O–H groups in total. The van der Waals surface area contributed by atoms with Gasteiger partial charge in [-0.15, -0.1) is 0 Å². The molecular formula is C12H14N6. The van der Waals surface area contributed by atoms with Crippen LogP contribution in [-0.4, -0.2) is 21.5 Å². The molecule has 2 aromatic heterocycles. The van der Waals surface area contributed by atoms with Crippen LogP contribution in [0.25, 0.3) is 0 Å². The smallest absolute Gasteiger partial charge is 0.137 e. The molecule has 0 spiro atoms. The summed E-state index contributed by atoms with van der Waals surface area (Å²) in [7, 11) is 0. The van der Waals surface area contributed by atoms with E-state index < -0.39 is 0 Å². The average molecular weight is 242 g/mol. The maximum absolute atomic E-state index is 8.49. The van der Waals surface area contributed by atoms with Crippen LogP contribution in [-0.2, 0) is 0 Å². The summed E-state index contributed by atoms with van der Waals surface area (Å²) in [6, 6.07) is 7.71. The lowest BCUT2D eigenvalue weighted by atomic mass is 10.4. The quantitative estimate of drug-likeness (QED) is 0.699. The molecule has 92 valence electrons. The highest BCUT2D eigenvalue weighted by atomic mass is 15.1. The maximum atomic E-state index is 8.49. The summed E-state index contributed by atoms with van der Waals surface area (Å²) in [4.78, 5) is 11.6. The normalized spacial score (nSPS) is 9.78. The lowest BCUT2D eigenvalue weighted by molar-refractivity contribution is 1.01. The molecule has 0 amide bonds. The van der Waals surface area contributed by atoms with Gasteiger partial charge in [0.2, 0.25) is 0 Å². The van der Waals surface area contributed by atoms with Gasteiger partial charge in [0.1, 0.15) is 23.3 Å². The number of aryl methyl sites for hydroxylation is 1. The van der Waals surface area contributed by atoms with Crippen LogP contribution < -0.4 is 10.6 Å². The largest absolute Gasteiger partial charge is 0.369 e. The lowest BCUT2D eigenvalue weighted by Crippen LogP contribution is -2.05. The molecule has 0 fully saturated rings. The molecule has 2 heterocycles. The van der Waals surface area contributed by atoms with Gasteiger partial charge < -0.3 is 15.6 Å². The highest BCUT2D eigenvalue weighted by Gasteiger charge is 2.02. The van der Waals surface area contributed by atoms with Gasteiger partial charge in [-0.25, -0.2) is 9.97 Å². The second kappa shape index (κ2) is 5.68. The Balaban J connectivity index is 2.09. The second-order valence-electron chi connectivity index (χ2n) is 3.73. The molecule has 18 heavy (non-hydrogen) atoms. The summed E-state index contributed by atoms with van der Waals surface area (Å²) in [5.74, 6) is 2.97. The van der Waals surface area contributed by atoms with Crippen molar-refractivity contribution in [1.29, 1.82) is 5.26 Å². The standard InChI is InChI=1S/C12H14N6/c1-9-16-11(15-7-3-5-13)8-12(17-9)18-10-4-2-6-14-10/h2,4,6,8,14H,3,7H2,1H3,(H2,15,16,17,18). The Hall–Kier alpha value is -2.55. The topological polar surface area (TPSA) is 89.4 Å². The first kappa shape index (κ1) is 11.9. The van der Waals surface area contributed by atoms with E-state index in [0.717, 1.165) is 5.82 Å². The van der Waals surface area contributed by atoms with E-state index in [4.69, 9.17) is 5.26 Å². The van der Waals surface area contributed by atoms with E-state index >= 15 is 0 Å². The zero-order valence-corrected chi connectivity index (χ0v) is 10.1. The summed E-state index contributed by atoms with van der Waals surface area (Å²) in [5.41, 5.74) is 0. The number of nitriles is 1. The van der Waals surface area contributed by atoms with Gasteiger partial charge in [-0.1, -0.05) is 0 Å². The Kier molecular flexibility index (Phi) is 3.76. The van der Waals surface area contributed by atoms with Crippen LogP contribution >= 0.6 is 0 Å². The van der Waals surface area contributed by atoms with Gasteiger partial charge in [-0.2, -0.15) is 5.26 Å². The number of aromatic amines is 1. The Morgan fingerprint density at radius 3 is 2.94 bits per heavy atom. The minimum absolute atomic E-state index is 0.447. The third kappa shape index (κ3) is 3.22. The third-order valence-electron chi connectivity index (χ3n) is 2.24. The van der Waals surface area contributed by atoms with Crippen molar-refractivity contribution >= 4 is 17.5 Å². The van der Waals surface area contributed by atoms with Gasteiger partial charge in [0.15, 0.2) is 0 Å². The SMILES string of the molecule is Cc1nc(NCCC#N)cc(Nc2ccc[nH]2)n1. The molecular weight excluding hydrogens is 228 g/mol. The summed E-state index contributed by atoms with van der Waals surface area (Å²) >= 11 is 0. The number of rotatable bonds is 5. The molecule has 0 saturated carbocycles. The molecule has 0 atom stereocenters. The molecule has 0 bridgehead atoms. The van der Waals surface area contributed by atoms with Crippen LogP contribution in [0.15, 0.2) is 24.4 Å². The van der Waals surface area contributed by atoms with Gasteiger partial charge >= 0.3 is 0 Å². The van der Waals surface area contributed by atoms with Gasteiger partial charge in [0.05, 0.1) is 12.5 Å². The molecule has 6 heteroatoms. The number of anilines is 3. The van der Waals surface area contributed by atoms with Crippen molar-refractivity contribution in [3.63, 3.8) is 0 Å². The Bertz CT molecular complexity index is 540. The number of aromatic nitrogens is 3. The fourth-order valence-electron chi connectivity index (χ4n) is 1.51. The van der Waals surface area contributed by atoms with E-state index in [1.165, 1.54) is 0 Å². The lowest BCUT2D eigenvalue weighted by Gasteiger charge is -2.08. The van der Waals surface area contributed by atoms with E-state index in [0.29, 0.717) is 30.4 Å². The van der Waals surface area contributed by atoms with Crippen LogP contribution in [0.2, 0.25) is 0 Å². The summed E-state index contributed by atoms with van der Waals surface area (Å²) < 4.78 is 0. The zero-order valence-electron chi connectivity index (χ0n) is 10.1. The monoisotopic (exact) mass is 242 g/mol. The predicted octanol–water partition coefficient (Wildman–Crippen LogP) is 2.18. The molecule has 0 aromatic carbocycles. The molecule has 6 nitrogen and oxygen atoms in total. The first-order chi connectivity index (χ1) is 8.78. The first-order valence-electron chi connectivity index (χ1n) is 5.65. The summed E-state index contributed by atoms with van der Waals surface area (Å²) in [6.07, 6.45) is 2.28. The number of hydrogen-bond donors (Lipinski definition) is 3. The van der Waals surface area contributed by atoms with Gasteiger partial charge in [0.25, 0.3) is 0 Å². The Morgan fingerprint density at radius 2 is 2.22 bits per heavy atom. The van der Waals surface area contributed by atoms with Crippen molar-refractivity contribution in [3.05, 3.63) is 30.2 Å². The van der Waals surface area contributed by atoms with E-state index in [-0.39, 0.29) is 0 Å². The van der Waals surface area contributed by atoms with Crippen LogP contribution in [0.3, 0.4) is 0 Å². The Labute approximate surface area is 105 Å². The Morgan fingerprint density at radius 1 is 1.39 bits per heavy atom. The first-order valence-corrected chi connectivity index (χ1v) is 5.65. The number of nitrogens with one attached hydrogen (secondary N) is 3. The minimum Gasteiger partial charge on any atom is -0.369 e. The van der Waals surface area contributed by atoms with E-state index in [1.54, 1.807) is 0 Å². The fraction of sp³-hybridized carbons (Fsp3) is 0.250. The van der Waals surface area contributed by atoms with Crippen molar-refractivity contribution in [2.24, 2.45) is 0 Å². The molecule has 0 aliphatic carbocycles. The van der Waals surface area contributed by atoms with Crippen molar-refractivity contribution < 1.29 is 0 Å². The van der Waals surface area contributed by atoms with Crippen LogP contribution in [0, 0.1) is 18.3 Å². The molecule has 0 unspecified atom stereocenters. The molecule has 0 saturated heterocycles. The number of hydrogen-bond acceptors (Lipinski definition) is 5. The van der Waals surface area contributed by atoms with Crippen LogP contribution in [0.1, 0.15) is 12.2 Å². The van der Waals surface area contributed by atoms with Gasteiger partial charge in [-0.05, 0) is 19.1 Å². The highest BCUT2D eigenvalue weighted by molar-refractivity contribution is 5.56. The number of H-pyrrole nitrogens is 1. The van der Waals surface area contributed by atoms with Crippen molar-refractivity contribution in [2.45, 2.75) is 13.3 Å². The minimum atomic E-state index is 0.447. The van der Waals surface area contributed by atoms with Crippen molar-refractivity contribution in [1.82, 2.24) is 15.0 Å². The van der Waals surface area contributed by atoms with Gasteiger partial charge in [0, 0.05) is 18.8 Å². The molecule has 0 aliphatic rings. The molecule has 2 aromatic rings. The number of nitrogens with zero attached hydrogens (tertiary/aromatic N) is 3. The molecule has 0 radical (unpaired) electrons. The summed E-state index contributed by atoms with van der Waals surface area (Å²) in [5, 5.41) is 14.7. The third-order valence-corrected chi connectivity index (χ3v) is 2.24.